The fourth-order valence-corrected chi connectivity index (χ4v) is 5.53. The van der Waals surface area contributed by atoms with E-state index in [1.54, 1.807) is 6.07 Å². The van der Waals surface area contributed by atoms with E-state index in [2.05, 4.69) is 21.0 Å². The van der Waals surface area contributed by atoms with E-state index in [0.29, 0.717) is 10.0 Å². The molecule has 5 rings (SSSR count). The number of nitrogens with zero attached hydrogens (tertiary/aromatic N) is 3. The van der Waals surface area contributed by atoms with Gasteiger partial charge >= 0.3 is 5.69 Å². The number of nitro groups is 1. The molecule has 9 heteroatoms. The van der Waals surface area contributed by atoms with Gasteiger partial charge in [0.25, 0.3) is 11.8 Å². The Balaban J connectivity index is 1.45. The Morgan fingerprint density at radius 2 is 1.88 bits per heavy atom. The highest BCUT2D eigenvalue weighted by Gasteiger charge is 2.59. The summed E-state index contributed by atoms with van der Waals surface area (Å²) in [5, 5.41) is 16.8. The first-order chi connectivity index (χ1) is 15.8. The molecule has 0 radical (unpaired) electrons. The zero-order valence-electron chi connectivity index (χ0n) is 17.7. The van der Waals surface area contributed by atoms with E-state index in [0.717, 1.165) is 22.6 Å². The zero-order valence-corrected chi connectivity index (χ0v) is 19.3. The van der Waals surface area contributed by atoms with E-state index in [1.165, 1.54) is 12.3 Å². The molecule has 2 aromatic carbocycles. The van der Waals surface area contributed by atoms with Crippen LogP contribution in [0, 0.1) is 40.7 Å². The molecule has 1 saturated carbocycles. The minimum absolute atomic E-state index is 0.0227. The monoisotopic (exact) mass is 509 g/mol. The van der Waals surface area contributed by atoms with E-state index < -0.39 is 4.92 Å². The molecule has 3 aliphatic rings. The van der Waals surface area contributed by atoms with Gasteiger partial charge in [0.15, 0.2) is 0 Å². The molecule has 0 spiro atoms. The molecule has 1 heterocycles. The molecule has 2 bridgehead atoms. The molecule has 2 aromatic rings. The zero-order chi connectivity index (χ0) is 23.3. The van der Waals surface area contributed by atoms with E-state index in [4.69, 9.17) is 4.74 Å². The first kappa shape index (κ1) is 21.5. The highest BCUT2D eigenvalue weighted by Crippen LogP contribution is 2.52. The third kappa shape index (κ3) is 3.76. The molecule has 0 N–H and O–H groups in total. The van der Waals surface area contributed by atoms with Gasteiger partial charge in [-0.25, -0.2) is 0 Å². The van der Waals surface area contributed by atoms with Crippen molar-refractivity contribution in [1.82, 2.24) is 5.01 Å². The van der Waals surface area contributed by atoms with Gasteiger partial charge in [0.2, 0.25) is 5.75 Å². The van der Waals surface area contributed by atoms with Gasteiger partial charge in [-0.1, -0.05) is 57.9 Å². The Bertz CT molecular complexity index is 1210. The molecule has 2 amide bonds. The summed E-state index contributed by atoms with van der Waals surface area (Å²) in [6, 6.07) is 10.6. The molecule has 0 aromatic heterocycles. The van der Waals surface area contributed by atoms with Gasteiger partial charge in [-0.15, -0.1) is 0 Å². The number of rotatable bonds is 6. The highest BCUT2D eigenvalue weighted by molar-refractivity contribution is 9.10. The summed E-state index contributed by atoms with van der Waals surface area (Å²) in [6.45, 7) is 2.07. The molecule has 2 aliphatic carbocycles. The second kappa shape index (κ2) is 8.22. The summed E-state index contributed by atoms with van der Waals surface area (Å²) >= 11 is 3.28. The van der Waals surface area contributed by atoms with Crippen LogP contribution >= 0.6 is 15.9 Å². The fraction of sp³-hybridized carbons (Fsp3) is 0.292. The van der Waals surface area contributed by atoms with Crippen LogP contribution in [0.15, 0.2) is 58.1 Å². The van der Waals surface area contributed by atoms with E-state index in [9.17, 15) is 19.7 Å². The molecule has 33 heavy (non-hydrogen) atoms. The van der Waals surface area contributed by atoms with Crippen molar-refractivity contribution in [3.8, 4) is 5.75 Å². The fourth-order valence-electron chi connectivity index (χ4n) is 5.07. The number of ether oxygens (including phenoxy) is 1. The van der Waals surface area contributed by atoms with Gasteiger partial charge in [0.05, 0.1) is 23.0 Å². The van der Waals surface area contributed by atoms with Crippen LogP contribution in [0.4, 0.5) is 5.69 Å². The third-order valence-corrected chi connectivity index (χ3v) is 6.94. The van der Waals surface area contributed by atoms with Gasteiger partial charge in [0, 0.05) is 16.1 Å². The topological polar surface area (TPSA) is 102 Å². The summed E-state index contributed by atoms with van der Waals surface area (Å²) < 4.78 is 6.32. The average Bonchev–Trinajstić information content (AvgIpc) is 3.45. The number of carbonyl (C=O) groups excluding carboxylic acids is 2. The summed E-state index contributed by atoms with van der Waals surface area (Å²) in [5.41, 5.74) is 1.96. The number of amides is 2. The van der Waals surface area contributed by atoms with E-state index >= 15 is 0 Å². The molecule has 4 atom stereocenters. The number of hydrazone groups is 1. The summed E-state index contributed by atoms with van der Waals surface area (Å²) in [4.78, 5) is 36.9. The number of hydrogen-bond acceptors (Lipinski definition) is 6. The molecule has 1 aliphatic heterocycles. The van der Waals surface area contributed by atoms with Crippen molar-refractivity contribution in [3.63, 3.8) is 0 Å². The number of benzene rings is 2. The van der Waals surface area contributed by atoms with Gasteiger partial charge in [-0.2, -0.15) is 10.1 Å². The molecule has 168 valence electrons. The second-order valence-electron chi connectivity index (χ2n) is 8.61. The lowest BCUT2D eigenvalue weighted by Crippen LogP contribution is -2.28. The van der Waals surface area contributed by atoms with Crippen molar-refractivity contribution in [2.45, 2.75) is 20.0 Å². The van der Waals surface area contributed by atoms with Crippen LogP contribution in [0.25, 0.3) is 0 Å². The maximum absolute atomic E-state index is 12.9. The predicted molar refractivity (Wildman–Crippen MR) is 123 cm³/mol. The van der Waals surface area contributed by atoms with Gasteiger partial charge in [-0.05, 0) is 36.8 Å². The molecular weight excluding hydrogens is 490 g/mol. The molecule has 8 nitrogen and oxygen atoms in total. The quantitative estimate of drug-likeness (QED) is 0.189. The molecular formula is C24H20BrN3O5. The molecule has 2 fully saturated rings. The minimum Gasteiger partial charge on any atom is -0.481 e. The lowest BCUT2D eigenvalue weighted by molar-refractivity contribution is -0.386. The number of aryl methyl sites for hydroxylation is 1. The highest BCUT2D eigenvalue weighted by atomic mass is 79.9. The first-order valence-electron chi connectivity index (χ1n) is 10.6. The number of imide groups is 1. The smallest absolute Gasteiger partial charge is 0.312 e. The molecule has 1 saturated heterocycles. The molecule has 0 unspecified atom stereocenters. The third-order valence-electron chi connectivity index (χ3n) is 6.48. The summed E-state index contributed by atoms with van der Waals surface area (Å²) in [7, 11) is 0. The van der Waals surface area contributed by atoms with Crippen LogP contribution in [0.1, 0.15) is 23.1 Å². The van der Waals surface area contributed by atoms with Gasteiger partial charge in [-0.3, -0.25) is 19.7 Å². The van der Waals surface area contributed by atoms with Crippen molar-refractivity contribution in [1.29, 1.82) is 0 Å². The van der Waals surface area contributed by atoms with Crippen LogP contribution in [0.3, 0.4) is 0 Å². The number of allylic oxidation sites excluding steroid dienone is 2. The Morgan fingerprint density at radius 3 is 2.52 bits per heavy atom. The SMILES string of the molecule is Cc1cccc(COc2c(C=NN3C(=O)[C@@H]4[C@H](C3=O)[C@H]3C=C[C@H]4C3)cc(Br)cc2[N+](=O)[O-])c1. The van der Waals surface area contributed by atoms with Gasteiger partial charge in [0.1, 0.15) is 6.61 Å². The van der Waals surface area contributed by atoms with Crippen LogP contribution in [0.5, 0.6) is 5.75 Å². The Morgan fingerprint density at radius 1 is 1.18 bits per heavy atom. The van der Waals surface area contributed by atoms with Crippen molar-refractivity contribution < 1.29 is 19.2 Å². The van der Waals surface area contributed by atoms with Gasteiger partial charge < -0.3 is 4.74 Å². The Labute approximate surface area is 198 Å². The lowest BCUT2D eigenvalue weighted by atomic mass is 9.85. The Kier molecular flexibility index (Phi) is 5.36. The summed E-state index contributed by atoms with van der Waals surface area (Å²) in [5.74, 6) is -1.17. The Hall–Kier alpha value is -3.33. The number of nitro benzene ring substituents is 1. The maximum atomic E-state index is 12.9. The first-order valence-corrected chi connectivity index (χ1v) is 11.4. The number of halogens is 1. The van der Waals surface area contributed by atoms with Crippen molar-refractivity contribution in [3.05, 3.63) is 79.8 Å². The second-order valence-corrected chi connectivity index (χ2v) is 9.53. The predicted octanol–water partition coefficient (Wildman–Crippen LogP) is 4.39. The number of fused-ring (bicyclic) bond motifs is 5. The minimum atomic E-state index is -0.534. The van der Waals surface area contributed by atoms with Crippen LogP contribution in [-0.2, 0) is 16.2 Å². The van der Waals surface area contributed by atoms with Crippen molar-refractivity contribution in [2.75, 3.05) is 0 Å². The number of hydrogen-bond donors (Lipinski definition) is 0. The normalized spacial score (nSPS) is 25.3. The van der Waals surface area contributed by atoms with Crippen molar-refractivity contribution >= 4 is 39.6 Å². The summed E-state index contributed by atoms with van der Waals surface area (Å²) in [6.07, 6.45) is 6.15. The standard InChI is InChI=1S/C24H20BrN3O5/c1-13-3-2-4-14(7-13)12-33-22-17(9-18(25)10-19(22)28(31)32)11-26-27-23(29)20-15-5-6-16(8-15)21(20)24(27)30/h2-7,9-11,15-16,20-21H,8,12H2,1H3/t15-,16-,20-,21+/m0/s1. The lowest BCUT2D eigenvalue weighted by Gasteiger charge is -2.13. The van der Waals surface area contributed by atoms with Crippen LogP contribution in [0.2, 0.25) is 0 Å². The number of carbonyl (C=O) groups is 2. The van der Waals surface area contributed by atoms with Crippen LogP contribution in [-0.4, -0.2) is 28.0 Å². The van der Waals surface area contributed by atoms with Crippen LogP contribution < -0.4 is 4.74 Å². The van der Waals surface area contributed by atoms with Crippen molar-refractivity contribution in [2.24, 2.45) is 28.8 Å². The largest absolute Gasteiger partial charge is 0.481 e. The van der Waals surface area contributed by atoms with E-state index in [-0.39, 0.29) is 53.5 Å². The van der Waals surface area contributed by atoms with E-state index in [1.807, 2.05) is 43.3 Å². The average molecular weight is 510 g/mol. The maximum Gasteiger partial charge on any atom is 0.312 e.